The van der Waals surface area contributed by atoms with E-state index in [2.05, 4.69) is 21.1 Å². The van der Waals surface area contributed by atoms with Gasteiger partial charge in [-0.15, -0.1) is 0 Å². The first-order valence-electron chi connectivity index (χ1n) is 10.5. The van der Waals surface area contributed by atoms with Crippen LogP contribution >= 0.6 is 0 Å². The van der Waals surface area contributed by atoms with Gasteiger partial charge in [-0.2, -0.15) is 0 Å². The number of carbonyl (C=O) groups is 3. The third-order valence-corrected chi connectivity index (χ3v) is 4.97. The molecule has 2 aromatic carbocycles. The molecule has 3 rings (SSSR count). The highest BCUT2D eigenvalue weighted by molar-refractivity contribution is 6.05. The first kappa shape index (κ1) is 23.5. The number of rotatable bonds is 11. The Morgan fingerprint density at radius 1 is 1.03 bits per heavy atom. The number of benzene rings is 2. The second kappa shape index (κ2) is 11.5. The molecular formula is C24H26N4O5. The zero-order valence-corrected chi connectivity index (χ0v) is 18.5. The highest BCUT2D eigenvalue weighted by Gasteiger charge is 2.24. The molecule has 0 aliphatic heterocycles. The summed E-state index contributed by atoms with van der Waals surface area (Å²) in [5, 5.41) is 11.8. The molecule has 0 saturated heterocycles. The van der Waals surface area contributed by atoms with Crippen LogP contribution in [0.5, 0.6) is 5.75 Å². The molecule has 0 aliphatic carbocycles. The number of carbonyl (C=O) groups excluding carboxylic acids is 3. The number of methoxy groups -OCH3 is 1. The predicted octanol–water partition coefficient (Wildman–Crippen LogP) is 2.71. The van der Waals surface area contributed by atoms with Crippen molar-refractivity contribution in [3.63, 3.8) is 0 Å². The molecule has 0 spiro atoms. The van der Waals surface area contributed by atoms with Gasteiger partial charge in [0.25, 0.3) is 5.91 Å². The highest BCUT2D eigenvalue weighted by Crippen LogP contribution is 2.29. The molecule has 3 N–H and O–H groups in total. The first-order chi connectivity index (χ1) is 16.0. The molecule has 1 heterocycles. The molecule has 3 amide bonds. The van der Waals surface area contributed by atoms with Gasteiger partial charge in [-0.3, -0.25) is 19.7 Å². The SMILES string of the molecule is COc1ccc(-c2noc(NC=O)c2C(=O)NCCC(=O)NCCc2ccc(C)cc2)cc1. The van der Waals surface area contributed by atoms with Crippen LogP contribution in [0.2, 0.25) is 0 Å². The molecule has 0 atom stereocenters. The summed E-state index contributed by atoms with van der Waals surface area (Å²) < 4.78 is 10.3. The van der Waals surface area contributed by atoms with E-state index in [1.807, 2.05) is 31.2 Å². The van der Waals surface area contributed by atoms with E-state index in [9.17, 15) is 14.4 Å². The van der Waals surface area contributed by atoms with Gasteiger partial charge in [-0.1, -0.05) is 35.0 Å². The van der Waals surface area contributed by atoms with Crippen molar-refractivity contribution >= 4 is 24.1 Å². The largest absolute Gasteiger partial charge is 0.497 e. The van der Waals surface area contributed by atoms with Crippen LogP contribution in [0, 0.1) is 6.92 Å². The van der Waals surface area contributed by atoms with E-state index in [-0.39, 0.29) is 36.0 Å². The van der Waals surface area contributed by atoms with Crippen LogP contribution in [-0.2, 0) is 16.0 Å². The highest BCUT2D eigenvalue weighted by atomic mass is 16.5. The van der Waals surface area contributed by atoms with Gasteiger partial charge in [-0.25, -0.2) is 0 Å². The average molecular weight is 450 g/mol. The Morgan fingerprint density at radius 3 is 2.42 bits per heavy atom. The Kier molecular flexibility index (Phi) is 8.18. The summed E-state index contributed by atoms with van der Waals surface area (Å²) in [5.41, 5.74) is 3.28. The molecule has 0 radical (unpaired) electrons. The zero-order valence-electron chi connectivity index (χ0n) is 18.5. The first-order valence-corrected chi connectivity index (χ1v) is 10.5. The maximum absolute atomic E-state index is 12.8. The fourth-order valence-corrected chi connectivity index (χ4v) is 3.17. The van der Waals surface area contributed by atoms with Crippen LogP contribution in [0.3, 0.4) is 0 Å². The van der Waals surface area contributed by atoms with Crippen molar-refractivity contribution in [2.24, 2.45) is 0 Å². The molecule has 33 heavy (non-hydrogen) atoms. The Hall–Kier alpha value is -4.14. The number of aromatic nitrogens is 1. The standard InChI is InChI=1S/C24H26N4O5/c1-16-3-5-17(6-4-16)11-13-25-20(30)12-14-26-23(31)21-22(28-33-24(21)27-15-29)18-7-9-19(32-2)10-8-18/h3-10,15H,11-14H2,1-2H3,(H,25,30)(H,26,31)(H,27,29). The lowest BCUT2D eigenvalue weighted by molar-refractivity contribution is -0.120. The Labute approximate surface area is 191 Å². The Morgan fingerprint density at radius 2 is 1.76 bits per heavy atom. The van der Waals surface area contributed by atoms with E-state index in [1.165, 1.54) is 5.56 Å². The van der Waals surface area contributed by atoms with E-state index in [1.54, 1.807) is 31.4 Å². The number of amides is 3. The van der Waals surface area contributed by atoms with Crippen molar-refractivity contribution in [3.8, 4) is 17.0 Å². The van der Waals surface area contributed by atoms with Gasteiger partial charge in [0.05, 0.1) is 7.11 Å². The normalized spacial score (nSPS) is 10.4. The molecule has 0 unspecified atom stereocenters. The van der Waals surface area contributed by atoms with Crippen molar-refractivity contribution in [2.75, 3.05) is 25.5 Å². The summed E-state index contributed by atoms with van der Waals surface area (Å²) in [6.07, 6.45) is 1.24. The second-order valence-electron chi connectivity index (χ2n) is 7.32. The molecule has 9 nitrogen and oxygen atoms in total. The predicted molar refractivity (Wildman–Crippen MR) is 123 cm³/mol. The number of nitrogens with zero attached hydrogens (tertiary/aromatic N) is 1. The summed E-state index contributed by atoms with van der Waals surface area (Å²) in [6, 6.07) is 15.0. The van der Waals surface area contributed by atoms with Crippen molar-refractivity contribution < 1.29 is 23.6 Å². The van der Waals surface area contributed by atoms with Gasteiger partial charge in [0, 0.05) is 25.1 Å². The number of hydrogen-bond acceptors (Lipinski definition) is 6. The maximum atomic E-state index is 12.8. The van der Waals surface area contributed by atoms with Gasteiger partial charge < -0.3 is 19.9 Å². The van der Waals surface area contributed by atoms with Crippen LogP contribution in [0.1, 0.15) is 27.9 Å². The van der Waals surface area contributed by atoms with E-state index < -0.39 is 5.91 Å². The Balaban J connectivity index is 1.55. The second-order valence-corrected chi connectivity index (χ2v) is 7.32. The van der Waals surface area contributed by atoms with Crippen molar-refractivity contribution in [3.05, 3.63) is 65.2 Å². The van der Waals surface area contributed by atoms with Gasteiger partial charge in [-0.05, 0) is 43.2 Å². The number of ether oxygens (including phenoxy) is 1. The van der Waals surface area contributed by atoms with Crippen LogP contribution in [0.25, 0.3) is 11.3 Å². The van der Waals surface area contributed by atoms with E-state index in [0.29, 0.717) is 24.3 Å². The van der Waals surface area contributed by atoms with Gasteiger partial charge in [0.2, 0.25) is 18.2 Å². The van der Waals surface area contributed by atoms with Gasteiger partial charge >= 0.3 is 0 Å². The third-order valence-electron chi connectivity index (χ3n) is 4.97. The van der Waals surface area contributed by atoms with Crippen LogP contribution in [0.4, 0.5) is 5.88 Å². The zero-order chi connectivity index (χ0) is 23.6. The molecule has 1 aromatic heterocycles. The van der Waals surface area contributed by atoms with E-state index in [4.69, 9.17) is 9.26 Å². The molecule has 0 bridgehead atoms. The quantitative estimate of drug-likeness (QED) is 0.386. The lowest BCUT2D eigenvalue weighted by atomic mass is 10.1. The smallest absolute Gasteiger partial charge is 0.259 e. The summed E-state index contributed by atoms with van der Waals surface area (Å²) in [5.74, 6) is -0.114. The topological polar surface area (TPSA) is 123 Å². The van der Waals surface area contributed by atoms with E-state index in [0.717, 1.165) is 12.0 Å². The van der Waals surface area contributed by atoms with E-state index >= 15 is 0 Å². The number of aryl methyl sites for hydroxylation is 1. The summed E-state index contributed by atoms with van der Waals surface area (Å²) >= 11 is 0. The number of nitrogens with one attached hydrogen (secondary N) is 3. The molecular weight excluding hydrogens is 424 g/mol. The summed E-state index contributed by atoms with van der Waals surface area (Å²) in [4.78, 5) is 35.8. The number of anilines is 1. The summed E-state index contributed by atoms with van der Waals surface area (Å²) in [6.45, 7) is 2.65. The average Bonchev–Trinajstić information content (AvgIpc) is 3.24. The minimum atomic E-state index is -0.515. The van der Waals surface area contributed by atoms with Crippen molar-refractivity contribution in [1.82, 2.24) is 15.8 Å². The van der Waals surface area contributed by atoms with Gasteiger partial charge in [0.1, 0.15) is 17.0 Å². The monoisotopic (exact) mass is 450 g/mol. The van der Waals surface area contributed by atoms with Crippen molar-refractivity contribution in [1.29, 1.82) is 0 Å². The summed E-state index contributed by atoms with van der Waals surface area (Å²) in [7, 11) is 1.55. The fourth-order valence-electron chi connectivity index (χ4n) is 3.17. The molecule has 0 aliphatic rings. The third kappa shape index (κ3) is 6.42. The van der Waals surface area contributed by atoms with Crippen LogP contribution in [0.15, 0.2) is 53.1 Å². The lowest BCUT2D eigenvalue weighted by Crippen LogP contribution is -2.32. The van der Waals surface area contributed by atoms with Gasteiger partial charge in [0.15, 0.2) is 0 Å². The molecule has 0 saturated carbocycles. The van der Waals surface area contributed by atoms with Crippen LogP contribution in [-0.4, -0.2) is 43.6 Å². The molecule has 0 fully saturated rings. The number of hydrogen-bond donors (Lipinski definition) is 3. The minimum Gasteiger partial charge on any atom is -0.497 e. The lowest BCUT2D eigenvalue weighted by Gasteiger charge is -2.08. The molecule has 9 heteroatoms. The van der Waals surface area contributed by atoms with Crippen molar-refractivity contribution in [2.45, 2.75) is 19.8 Å². The minimum absolute atomic E-state index is 0.0733. The molecule has 172 valence electrons. The Bertz CT molecular complexity index is 1090. The fraction of sp³-hybridized carbons (Fsp3) is 0.250. The van der Waals surface area contributed by atoms with Crippen LogP contribution < -0.4 is 20.7 Å². The maximum Gasteiger partial charge on any atom is 0.259 e. The molecule has 3 aromatic rings.